The minimum atomic E-state index is -0.410. The van der Waals surface area contributed by atoms with Crippen LogP contribution in [-0.4, -0.2) is 15.9 Å². The molecule has 0 saturated heterocycles. The molecule has 0 saturated carbocycles. The highest BCUT2D eigenvalue weighted by atomic mass is 16.1. The molecule has 0 bridgehead atoms. The third-order valence-electron chi connectivity index (χ3n) is 2.61. The Morgan fingerprint density at radius 3 is 2.41 bits per heavy atom. The fourth-order valence-corrected chi connectivity index (χ4v) is 1.47. The van der Waals surface area contributed by atoms with Crippen LogP contribution in [0.5, 0.6) is 0 Å². The molecule has 4 nitrogen and oxygen atoms in total. The van der Waals surface area contributed by atoms with Crippen LogP contribution in [0.3, 0.4) is 0 Å². The average molecular weight is 227 g/mol. The SMILES string of the molecule is CC(C(N)=O)c1cnc(-c2ccccc2)cn1. The summed E-state index contributed by atoms with van der Waals surface area (Å²) in [5.74, 6) is -0.806. The van der Waals surface area contributed by atoms with Gasteiger partial charge in [0.05, 0.1) is 23.5 Å². The number of carbonyl (C=O) groups is 1. The maximum absolute atomic E-state index is 11.0. The largest absolute Gasteiger partial charge is 0.369 e. The van der Waals surface area contributed by atoms with Crippen molar-refractivity contribution in [3.8, 4) is 11.3 Å². The number of amides is 1. The van der Waals surface area contributed by atoms with Crippen LogP contribution in [0.1, 0.15) is 18.5 Å². The monoisotopic (exact) mass is 227 g/mol. The Labute approximate surface area is 99.5 Å². The topological polar surface area (TPSA) is 68.9 Å². The zero-order valence-electron chi connectivity index (χ0n) is 9.50. The summed E-state index contributed by atoms with van der Waals surface area (Å²) >= 11 is 0. The van der Waals surface area contributed by atoms with Crippen molar-refractivity contribution in [3.05, 3.63) is 48.4 Å². The molecule has 4 heteroatoms. The zero-order chi connectivity index (χ0) is 12.3. The van der Waals surface area contributed by atoms with E-state index in [2.05, 4.69) is 9.97 Å². The predicted molar refractivity (Wildman–Crippen MR) is 65.1 cm³/mol. The molecule has 2 aromatic rings. The summed E-state index contributed by atoms with van der Waals surface area (Å²) in [5.41, 5.74) is 7.59. The Balaban J connectivity index is 2.28. The van der Waals surface area contributed by atoms with Crippen LogP contribution in [-0.2, 0) is 4.79 Å². The van der Waals surface area contributed by atoms with Gasteiger partial charge in [0.15, 0.2) is 0 Å². The van der Waals surface area contributed by atoms with Gasteiger partial charge in [0.25, 0.3) is 0 Å². The number of carbonyl (C=O) groups excluding carboxylic acids is 1. The Bertz CT molecular complexity index is 508. The van der Waals surface area contributed by atoms with Gasteiger partial charge in [-0.1, -0.05) is 30.3 Å². The molecule has 0 aliphatic rings. The van der Waals surface area contributed by atoms with Crippen LogP contribution in [0.4, 0.5) is 0 Å². The molecular weight excluding hydrogens is 214 g/mol. The summed E-state index contributed by atoms with van der Waals surface area (Å²) in [6.07, 6.45) is 3.25. The van der Waals surface area contributed by atoms with Crippen molar-refractivity contribution in [2.75, 3.05) is 0 Å². The molecule has 1 heterocycles. The number of primary amides is 1. The summed E-state index contributed by atoms with van der Waals surface area (Å²) in [5, 5.41) is 0. The van der Waals surface area contributed by atoms with Gasteiger partial charge in [-0.3, -0.25) is 14.8 Å². The van der Waals surface area contributed by atoms with Gasteiger partial charge >= 0.3 is 0 Å². The lowest BCUT2D eigenvalue weighted by Gasteiger charge is -2.06. The van der Waals surface area contributed by atoms with Crippen LogP contribution >= 0.6 is 0 Å². The molecule has 0 aliphatic heterocycles. The second-order valence-electron chi connectivity index (χ2n) is 3.82. The summed E-state index contributed by atoms with van der Waals surface area (Å²) in [4.78, 5) is 19.5. The van der Waals surface area contributed by atoms with Crippen molar-refractivity contribution in [1.82, 2.24) is 9.97 Å². The standard InChI is InChI=1S/C13H13N3O/c1-9(13(14)17)11-7-16-12(8-15-11)10-5-3-2-4-6-10/h2-9H,1H3,(H2,14,17). The molecule has 2 N–H and O–H groups in total. The van der Waals surface area contributed by atoms with E-state index in [4.69, 9.17) is 5.73 Å². The molecule has 1 unspecified atom stereocenters. The lowest BCUT2D eigenvalue weighted by atomic mass is 10.1. The van der Waals surface area contributed by atoms with Crippen molar-refractivity contribution in [2.24, 2.45) is 5.73 Å². The van der Waals surface area contributed by atoms with E-state index in [0.717, 1.165) is 11.3 Å². The molecule has 0 fully saturated rings. The third kappa shape index (κ3) is 2.47. The van der Waals surface area contributed by atoms with E-state index in [1.54, 1.807) is 19.3 Å². The third-order valence-corrected chi connectivity index (χ3v) is 2.61. The second kappa shape index (κ2) is 4.74. The molecular formula is C13H13N3O. The van der Waals surface area contributed by atoms with Gasteiger partial charge in [-0.25, -0.2) is 0 Å². The van der Waals surface area contributed by atoms with Crippen molar-refractivity contribution in [1.29, 1.82) is 0 Å². The van der Waals surface area contributed by atoms with Crippen molar-refractivity contribution in [2.45, 2.75) is 12.8 Å². The van der Waals surface area contributed by atoms with Gasteiger partial charge in [-0.15, -0.1) is 0 Å². The number of benzene rings is 1. The van der Waals surface area contributed by atoms with Crippen molar-refractivity contribution < 1.29 is 4.79 Å². The van der Waals surface area contributed by atoms with Gasteiger partial charge < -0.3 is 5.73 Å². The van der Waals surface area contributed by atoms with Crippen LogP contribution < -0.4 is 5.73 Å². The normalized spacial score (nSPS) is 12.1. The molecule has 1 aromatic carbocycles. The maximum Gasteiger partial charge on any atom is 0.226 e. The van der Waals surface area contributed by atoms with Crippen LogP contribution in [0.15, 0.2) is 42.7 Å². The molecule has 1 aromatic heterocycles. The Morgan fingerprint density at radius 2 is 1.88 bits per heavy atom. The highest BCUT2D eigenvalue weighted by molar-refractivity contribution is 5.80. The Morgan fingerprint density at radius 1 is 1.18 bits per heavy atom. The van der Waals surface area contributed by atoms with Gasteiger partial charge in [0.2, 0.25) is 5.91 Å². The molecule has 0 spiro atoms. The van der Waals surface area contributed by atoms with Crippen LogP contribution in [0.25, 0.3) is 11.3 Å². The van der Waals surface area contributed by atoms with E-state index in [1.165, 1.54) is 0 Å². The summed E-state index contributed by atoms with van der Waals surface area (Å²) in [6, 6.07) is 9.75. The summed E-state index contributed by atoms with van der Waals surface area (Å²) < 4.78 is 0. The number of hydrogen-bond donors (Lipinski definition) is 1. The molecule has 1 amide bonds. The maximum atomic E-state index is 11.0. The van der Waals surface area contributed by atoms with Crippen molar-refractivity contribution >= 4 is 5.91 Å². The molecule has 0 aliphatic carbocycles. The quantitative estimate of drug-likeness (QED) is 0.868. The first-order chi connectivity index (χ1) is 8.18. The predicted octanol–water partition coefficient (Wildman–Crippen LogP) is 1.73. The Kier molecular flexibility index (Phi) is 3.14. The molecule has 2 rings (SSSR count). The highest BCUT2D eigenvalue weighted by Crippen LogP contribution is 2.17. The molecule has 0 radical (unpaired) electrons. The van der Waals surface area contributed by atoms with Gasteiger partial charge in [-0.2, -0.15) is 0 Å². The summed E-state index contributed by atoms with van der Waals surface area (Å²) in [6.45, 7) is 1.72. The van der Waals surface area contributed by atoms with E-state index in [0.29, 0.717) is 5.69 Å². The first-order valence-corrected chi connectivity index (χ1v) is 5.35. The smallest absolute Gasteiger partial charge is 0.226 e. The second-order valence-corrected chi connectivity index (χ2v) is 3.82. The minimum Gasteiger partial charge on any atom is -0.369 e. The average Bonchev–Trinajstić information content (AvgIpc) is 2.39. The van der Waals surface area contributed by atoms with E-state index >= 15 is 0 Å². The number of nitrogens with zero attached hydrogens (tertiary/aromatic N) is 2. The molecule has 1 atom stereocenters. The highest BCUT2D eigenvalue weighted by Gasteiger charge is 2.13. The van der Waals surface area contributed by atoms with Crippen molar-refractivity contribution in [3.63, 3.8) is 0 Å². The summed E-state index contributed by atoms with van der Waals surface area (Å²) in [7, 11) is 0. The lowest BCUT2D eigenvalue weighted by Crippen LogP contribution is -2.19. The zero-order valence-corrected chi connectivity index (χ0v) is 9.50. The number of nitrogens with two attached hydrogens (primary N) is 1. The number of aromatic nitrogens is 2. The number of rotatable bonds is 3. The number of hydrogen-bond acceptors (Lipinski definition) is 3. The van der Waals surface area contributed by atoms with E-state index < -0.39 is 11.8 Å². The minimum absolute atomic E-state index is 0.397. The fourth-order valence-electron chi connectivity index (χ4n) is 1.47. The fraction of sp³-hybridized carbons (Fsp3) is 0.154. The van der Waals surface area contributed by atoms with E-state index in [-0.39, 0.29) is 0 Å². The van der Waals surface area contributed by atoms with E-state index in [1.807, 2.05) is 30.3 Å². The first-order valence-electron chi connectivity index (χ1n) is 5.35. The Hall–Kier alpha value is -2.23. The van der Waals surface area contributed by atoms with Crippen LogP contribution in [0, 0.1) is 0 Å². The lowest BCUT2D eigenvalue weighted by molar-refractivity contribution is -0.119. The molecule has 86 valence electrons. The van der Waals surface area contributed by atoms with Gasteiger partial charge in [0.1, 0.15) is 0 Å². The molecule has 17 heavy (non-hydrogen) atoms. The van der Waals surface area contributed by atoms with Gasteiger partial charge in [0, 0.05) is 11.8 Å². The van der Waals surface area contributed by atoms with E-state index in [9.17, 15) is 4.79 Å². The first kappa shape index (κ1) is 11.3. The van der Waals surface area contributed by atoms with Gasteiger partial charge in [-0.05, 0) is 6.92 Å². The van der Waals surface area contributed by atoms with Crippen LogP contribution in [0.2, 0.25) is 0 Å².